The largest absolute Gasteiger partial charge is 0.481 e. The first-order chi connectivity index (χ1) is 12.2. The SMILES string of the molecule is CCc1cc(=O)[nH]c(-c2cccc(NC(=O)[C@@H]3[C@H](C(=O)O)C3(C)C)c2)n1. The number of hydrogen-bond donors (Lipinski definition) is 3. The molecule has 7 nitrogen and oxygen atoms in total. The Kier molecular flexibility index (Phi) is 4.39. The van der Waals surface area contributed by atoms with Gasteiger partial charge in [-0.3, -0.25) is 14.4 Å². The van der Waals surface area contributed by atoms with E-state index in [9.17, 15) is 19.5 Å². The van der Waals surface area contributed by atoms with E-state index < -0.39 is 23.2 Å². The highest BCUT2D eigenvalue weighted by Gasteiger charge is 2.65. The molecule has 26 heavy (non-hydrogen) atoms. The first kappa shape index (κ1) is 17.8. The molecule has 1 aliphatic carbocycles. The Morgan fingerprint density at radius 3 is 2.62 bits per heavy atom. The Bertz CT molecular complexity index is 932. The van der Waals surface area contributed by atoms with Crippen LogP contribution in [0.4, 0.5) is 5.69 Å². The van der Waals surface area contributed by atoms with Gasteiger partial charge in [-0.1, -0.05) is 32.9 Å². The molecular weight excluding hydrogens is 334 g/mol. The smallest absolute Gasteiger partial charge is 0.307 e. The summed E-state index contributed by atoms with van der Waals surface area (Å²) >= 11 is 0. The van der Waals surface area contributed by atoms with Gasteiger partial charge < -0.3 is 15.4 Å². The number of carbonyl (C=O) groups is 2. The normalized spacial score (nSPS) is 20.4. The Labute approximate surface area is 150 Å². The molecule has 1 aromatic heterocycles. The molecule has 1 aliphatic rings. The first-order valence-electron chi connectivity index (χ1n) is 8.48. The van der Waals surface area contributed by atoms with Crippen molar-refractivity contribution >= 4 is 17.6 Å². The van der Waals surface area contributed by atoms with Crippen molar-refractivity contribution in [2.24, 2.45) is 17.3 Å². The minimum Gasteiger partial charge on any atom is -0.481 e. The van der Waals surface area contributed by atoms with E-state index in [0.29, 0.717) is 29.2 Å². The molecule has 3 rings (SSSR count). The summed E-state index contributed by atoms with van der Waals surface area (Å²) in [5.41, 5.74) is 1.09. The van der Waals surface area contributed by atoms with E-state index >= 15 is 0 Å². The molecule has 1 saturated carbocycles. The molecular formula is C19H21N3O4. The number of aromatic nitrogens is 2. The van der Waals surface area contributed by atoms with Crippen molar-refractivity contribution in [2.75, 3.05) is 5.32 Å². The number of H-pyrrole nitrogens is 1. The standard InChI is InChI=1S/C19H21N3O4/c1-4-11-9-13(23)22-16(20-11)10-6-5-7-12(8-10)21-17(24)14-15(18(25)26)19(14,2)3/h5-9,14-15H,4H2,1-3H3,(H,21,24)(H,25,26)(H,20,22,23)/t14-,15+/m0/s1. The summed E-state index contributed by atoms with van der Waals surface area (Å²) in [5.74, 6) is -2.08. The number of carboxylic acids is 1. The van der Waals surface area contributed by atoms with Crippen molar-refractivity contribution < 1.29 is 14.7 Å². The summed E-state index contributed by atoms with van der Waals surface area (Å²) in [6.07, 6.45) is 0.640. The van der Waals surface area contributed by atoms with Gasteiger partial charge in [0.1, 0.15) is 5.82 Å². The van der Waals surface area contributed by atoms with Crippen LogP contribution in [0.2, 0.25) is 0 Å². The third kappa shape index (κ3) is 3.24. The third-order valence-corrected chi connectivity index (χ3v) is 4.94. The van der Waals surface area contributed by atoms with E-state index in [2.05, 4.69) is 15.3 Å². The van der Waals surface area contributed by atoms with Gasteiger partial charge in [-0.05, 0) is 24.0 Å². The predicted octanol–water partition coefficient (Wildman–Crippen LogP) is 2.29. The van der Waals surface area contributed by atoms with Crippen LogP contribution >= 0.6 is 0 Å². The number of benzene rings is 1. The zero-order chi connectivity index (χ0) is 19.1. The van der Waals surface area contributed by atoms with Gasteiger partial charge in [0.25, 0.3) is 5.56 Å². The van der Waals surface area contributed by atoms with Gasteiger partial charge in [0.15, 0.2) is 0 Å². The summed E-state index contributed by atoms with van der Waals surface area (Å²) in [4.78, 5) is 42.6. The van der Waals surface area contributed by atoms with Gasteiger partial charge >= 0.3 is 5.97 Å². The van der Waals surface area contributed by atoms with Crippen LogP contribution in [0.15, 0.2) is 35.1 Å². The van der Waals surface area contributed by atoms with Gasteiger partial charge in [0.05, 0.1) is 11.8 Å². The van der Waals surface area contributed by atoms with Crippen LogP contribution in [0.5, 0.6) is 0 Å². The molecule has 1 aromatic carbocycles. The zero-order valence-electron chi connectivity index (χ0n) is 14.9. The lowest BCUT2D eigenvalue weighted by atomic mass is 10.1. The quantitative estimate of drug-likeness (QED) is 0.762. The average Bonchev–Trinajstić information content (AvgIpc) is 3.17. The summed E-state index contributed by atoms with van der Waals surface area (Å²) in [6.45, 7) is 5.47. The topological polar surface area (TPSA) is 112 Å². The minimum atomic E-state index is -0.956. The highest BCUT2D eigenvalue weighted by molar-refractivity contribution is 6.00. The van der Waals surface area contributed by atoms with Crippen molar-refractivity contribution in [3.05, 3.63) is 46.4 Å². The molecule has 7 heteroatoms. The number of carboxylic acid groups (broad SMARTS) is 1. The highest BCUT2D eigenvalue weighted by Crippen LogP contribution is 2.58. The van der Waals surface area contributed by atoms with Crippen molar-refractivity contribution in [1.29, 1.82) is 0 Å². The second-order valence-corrected chi connectivity index (χ2v) is 7.12. The predicted molar refractivity (Wildman–Crippen MR) is 96.7 cm³/mol. The van der Waals surface area contributed by atoms with Crippen LogP contribution in [0.25, 0.3) is 11.4 Å². The van der Waals surface area contributed by atoms with Gasteiger partial charge in [-0.25, -0.2) is 4.98 Å². The number of amides is 1. The molecule has 2 atom stereocenters. The average molecular weight is 355 g/mol. The monoisotopic (exact) mass is 355 g/mol. The zero-order valence-corrected chi connectivity index (χ0v) is 14.9. The van der Waals surface area contributed by atoms with Crippen LogP contribution < -0.4 is 10.9 Å². The Morgan fingerprint density at radius 1 is 1.27 bits per heavy atom. The molecule has 1 heterocycles. The van der Waals surface area contributed by atoms with E-state index in [1.165, 1.54) is 6.07 Å². The van der Waals surface area contributed by atoms with Crippen molar-refractivity contribution in [3.63, 3.8) is 0 Å². The maximum Gasteiger partial charge on any atom is 0.307 e. The van der Waals surface area contributed by atoms with Crippen LogP contribution in [-0.4, -0.2) is 27.0 Å². The van der Waals surface area contributed by atoms with E-state index in [4.69, 9.17) is 0 Å². The number of rotatable bonds is 5. The Balaban J connectivity index is 1.83. The number of aromatic amines is 1. The molecule has 0 spiro atoms. The molecule has 1 amide bonds. The number of hydrogen-bond acceptors (Lipinski definition) is 4. The molecule has 1 fully saturated rings. The second-order valence-electron chi connectivity index (χ2n) is 7.12. The van der Waals surface area contributed by atoms with Crippen LogP contribution in [-0.2, 0) is 16.0 Å². The van der Waals surface area contributed by atoms with Crippen molar-refractivity contribution in [2.45, 2.75) is 27.2 Å². The fourth-order valence-corrected chi connectivity index (χ4v) is 3.38. The van der Waals surface area contributed by atoms with Crippen molar-refractivity contribution in [1.82, 2.24) is 9.97 Å². The Hall–Kier alpha value is -2.96. The lowest BCUT2D eigenvalue weighted by molar-refractivity contribution is -0.140. The van der Waals surface area contributed by atoms with Gasteiger partial charge in [-0.15, -0.1) is 0 Å². The molecule has 136 valence electrons. The lowest BCUT2D eigenvalue weighted by Crippen LogP contribution is -2.17. The van der Waals surface area contributed by atoms with Crippen LogP contribution in [0, 0.1) is 17.3 Å². The molecule has 0 saturated heterocycles. The number of aliphatic carboxylic acids is 1. The fraction of sp³-hybridized carbons (Fsp3) is 0.368. The highest BCUT2D eigenvalue weighted by atomic mass is 16.4. The fourth-order valence-electron chi connectivity index (χ4n) is 3.38. The number of carbonyl (C=O) groups excluding carboxylic acids is 1. The number of nitrogens with one attached hydrogen (secondary N) is 2. The summed E-state index contributed by atoms with van der Waals surface area (Å²) in [6, 6.07) is 8.41. The van der Waals surface area contributed by atoms with E-state index in [1.54, 1.807) is 38.1 Å². The van der Waals surface area contributed by atoms with Gasteiger partial charge in [-0.2, -0.15) is 0 Å². The summed E-state index contributed by atoms with van der Waals surface area (Å²) < 4.78 is 0. The summed E-state index contributed by atoms with van der Waals surface area (Å²) in [5, 5.41) is 12.0. The molecule has 2 aromatic rings. The van der Waals surface area contributed by atoms with Gasteiger partial charge in [0, 0.05) is 23.0 Å². The van der Waals surface area contributed by atoms with E-state index in [-0.39, 0.29) is 11.5 Å². The first-order valence-corrected chi connectivity index (χ1v) is 8.48. The van der Waals surface area contributed by atoms with E-state index in [0.717, 1.165) is 0 Å². The molecule has 0 bridgehead atoms. The number of anilines is 1. The molecule has 0 aliphatic heterocycles. The van der Waals surface area contributed by atoms with Crippen LogP contribution in [0.1, 0.15) is 26.5 Å². The third-order valence-electron chi connectivity index (χ3n) is 4.94. The number of nitrogens with zero attached hydrogens (tertiary/aromatic N) is 1. The lowest BCUT2D eigenvalue weighted by Gasteiger charge is -2.08. The minimum absolute atomic E-state index is 0.231. The number of aryl methyl sites for hydroxylation is 1. The summed E-state index contributed by atoms with van der Waals surface area (Å²) in [7, 11) is 0. The molecule has 0 radical (unpaired) electrons. The maximum absolute atomic E-state index is 12.5. The molecule has 0 unspecified atom stereocenters. The van der Waals surface area contributed by atoms with Gasteiger partial charge in [0.2, 0.25) is 5.91 Å². The maximum atomic E-state index is 12.5. The van der Waals surface area contributed by atoms with E-state index in [1.807, 2.05) is 6.92 Å². The Morgan fingerprint density at radius 2 is 2.00 bits per heavy atom. The molecule has 3 N–H and O–H groups in total. The van der Waals surface area contributed by atoms with Crippen LogP contribution in [0.3, 0.4) is 0 Å². The second kappa shape index (κ2) is 6.40. The van der Waals surface area contributed by atoms with Crippen molar-refractivity contribution in [3.8, 4) is 11.4 Å².